The molecule has 0 amide bonds. The zero-order chi connectivity index (χ0) is 25.8. The maximum atomic E-state index is 9.45. The van der Waals surface area contributed by atoms with Crippen molar-refractivity contribution in [3.8, 4) is 0 Å². The van der Waals surface area contributed by atoms with Crippen LogP contribution in [0.2, 0.25) is 0 Å². The third-order valence-electron chi connectivity index (χ3n) is 1.79. The standard InChI is InChI=1S/5C3H6O3.2Na.2H/c5*1-2(4)3(5)6;;;;/h5*2,4H,1H3,(H,5,6);;;;. The molecule has 5 unspecified atom stereocenters. The van der Waals surface area contributed by atoms with Gasteiger partial charge in [0, 0.05) is 0 Å². The maximum absolute atomic E-state index is 9.45. The molecule has 0 saturated carbocycles. The van der Waals surface area contributed by atoms with E-state index in [0.29, 0.717) is 0 Å². The molecule has 15 nitrogen and oxygen atoms in total. The molecule has 17 heteroatoms. The van der Waals surface area contributed by atoms with Gasteiger partial charge in [-0.1, -0.05) is 0 Å². The van der Waals surface area contributed by atoms with Gasteiger partial charge in [0.2, 0.25) is 0 Å². The van der Waals surface area contributed by atoms with Crippen molar-refractivity contribution in [1.82, 2.24) is 0 Å². The van der Waals surface area contributed by atoms with Crippen LogP contribution >= 0.6 is 0 Å². The fourth-order valence-corrected chi connectivity index (χ4v) is 0. The number of aliphatic carboxylic acids is 5. The van der Waals surface area contributed by atoms with Gasteiger partial charge in [0.15, 0.2) is 0 Å². The molecule has 0 aliphatic heterocycles. The second kappa shape index (κ2) is 30.1. The Balaban J connectivity index is -0.0000000481. The van der Waals surface area contributed by atoms with E-state index in [2.05, 4.69) is 0 Å². The van der Waals surface area contributed by atoms with Crippen molar-refractivity contribution in [3.63, 3.8) is 0 Å². The zero-order valence-corrected chi connectivity index (χ0v) is 16.9. The molecule has 0 aromatic carbocycles. The number of carboxylic acid groups (broad SMARTS) is 5. The van der Waals surface area contributed by atoms with Crippen LogP contribution in [0.4, 0.5) is 0 Å². The first-order valence-corrected chi connectivity index (χ1v) is 7.76. The number of rotatable bonds is 5. The molecule has 10 N–H and O–H groups in total. The first-order valence-electron chi connectivity index (χ1n) is 7.76. The van der Waals surface area contributed by atoms with E-state index < -0.39 is 60.4 Å². The molecule has 0 rings (SSSR count). The molecule has 0 aromatic heterocycles. The summed E-state index contributed by atoms with van der Waals surface area (Å²) in [6.07, 6.45) is -6.16. The van der Waals surface area contributed by atoms with Crippen LogP contribution in [0.25, 0.3) is 0 Å². The van der Waals surface area contributed by atoms with E-state index in [0.717, 1.165) is 0 Å². The van der Waals surface area contributed by atoms with Gasteiger partial charge < -0.3 is 51.1 Å². The number of aliphatic hydroxyl groups is 5. The van der Waals surface area contributed by atoms with Crippen molar-refractivity contribution in [3.05, 3.63) is 0 Å². The second-order valence-corrected chi connectivity index (χ2v) is 5.07. The molecule has 0 saturated heterocycles. The van der Waals surface area contributed by atoms with Gasteiger partial charge >= 0.3 is 89.0 Å². The summed E-state index contributed by atoms with van der Waals surface area (Å²) in [5.74, 6) is -5.93. The summed E-state index contributed by atoms with van der Waals surface area (Å²) >= 11 is 0. The van der Waals surface area contributed by atoms with Crippen LogP contribution in [0.1, 0.15) is 34.6 Å². The summed E-state index contributed by atoms with van der Waals surface area (Å²) in [5, 5.41) is 78.9. The summed E-state index contributed by atoms with van der Waals surface area (Å²) in [6.45, 7) is 5.98. The van der Waals surface area contributed by atoms with Crippen LogP contribution in [0, 0.1) is 0 Å². The van der Waals surface area contributed by atoms with Gasteiger partial charge in [-0.3, -0.25) is 0 Å². The Labute approximate surface area is 227 Å². The average molecular weight is 498 g/mol. The molecule has 184 valence electrons. The summed E-state index contributed by atoms with van der Waals surface area (Å²) < 4.78 is 0. The third kappa shape index (κ3) is 63.0. The predicted molar refractivity (Wildman–Crippen MR) is 111 cm³/mol. The van der Waals surface area contributed by atoms with Gasteiger partial charge in [0.1, 0.15) is 30.5 Å². The van der Waals surface area contributed by atoms with Gasteiger partial charge in [0.05, 0.1) is 0 Å². The molecule has 0 heterocycles. The minimum absolute atomic E-state index is 0. The van der Waals surface area contributed by atoms with Crippen molar-refractivity contribution < 1.29 is 75.0 Å². The zero-order valence-electron chi connectivity index (χ0n) is 16.9. The molecule has 0 fully saturated rings. The number of hydrogen-bond acceptors (Lipinski definition) is 10. The Bertz CT molecular complexity index is 401. The van der Waals surface area contributed by atoms with Crippen molar-refractivity contribution in [2.45, 2.75) is 65.1 Å². The molecule has 0 bridgehead atoms. The number of aliphatic hydroxyl groups excluding tert-OH is 5. The van der Waals surface area contributed by atoms with Crippen molar-refractivity contribution in [2.24, 2.45) is 0 Å². The number of hydrogen-bond donors (Lipinski definition) is 10. The fourth-order valence-electron chi connectivity index (χ4n) is 0. The predicted octanol–water partition coefficient (Wildman–Crippen LogP) is -4.04. The van der Waals surface area contributed by atoms with E-state index in [1.807, 2.05) is 0 Å². The topological polar surface area (TPSA) is 288 Å². The van der Waals surface area contributed by atoms with Crippen LogP contribution < -0.4 is 0 Å². The quantitative estimate of drug-likeness (QED) is 0.161. The molecule has 32 heavy (non-hydrogen) atoms. The summed E-state index contributed by atoms with van der Waals surface area (Å²) in [5.41, 5.74) is 0. The van der Waals surface area contributed by atoms with E-state index in [-0.39, 0.29) is 59.1 Å². The van der Waals surface area contributed by atoms with Crippen molar-refractivity contribution in [1.29, 1.82) is 0 Å². The van der Waals surface area contributed by atoms with E-state index in [9.17, 15) is 24.0 Å². The number of carboxylic acids is 5. The monoisotopic (exact) mass is 498 g/mol. The molecular formula is C15H32Na2O15. The summed E-state index contributed by atoms with van der Waals surface area (Å²) in [4.78, 5) is 47.2. The summed E-state index contributed by atoms with van der Waals surface area (Å²) in [7, 11) is 0. The normalized spacial score (nSPS) is 12.8. The molecule has 0 spiro atoms. The van der Waals surface area contributed by atoms with Gasteiger partial charge in [-0.25, -0.2) is 24.0 Å². The van der Waals surface area contributed by atoms with Crippen LogP contribution in [-0.2, 0) is 24.0 Å². The first-order chi connectivity index (χ1) is 13.2. The van der Waals surface area contributed by atoms with Crippen LogP contribution in [0.5, 0.6) is 0 Å². The van der Waals surface area contributed by atoms with Gasteiger partial charge in [0.25, 0.3) is 0 Å². The van der Waals surface area contributed by atoms with Gasteiger partial charge in [-0.15, -0.1) is 0 Å². The van der Waals surface area contributed by atoms with E-state index in [1.165, 1.54) is 34.6 Å². The molecule has 5 atom stereocenters. The molecule has 0 radical (unpaired) electrons. The third-order valence-corrected chi connectivity index (χ3v) is 1.79. The molecule has 0 aliphatic rings. The van der Waals surface area contributed by atoms with Crippen LogP contribution in [-0.4, -0.2) is 171 Å². The fraction of sp³-hybridized carbons (Fsp3) is 0.667. The minimum atomic E-state index is -1.23. The Kier molecular flexibility index (Phi) is 45.7. The van der Waals surface area contributed by atoms with Gasteiger partial charge in [-0.05, 0) is 34.6 Å². The molecular weight excluding hydrogens is 466 g/mol. The van der Waals surface area contributed by atoms with Crippen LogP contribution in [0.3, 0.4) is 0 Å². The van der Waals surface area contributed by atoms with Crippen LogP contribution in [0.15, 0.2) is 0 Å². The Hall–Kier alpha value is -0.850. The summed E-state index contributed by atoms with van der Waals surface area (Å²) in [6, 6.07) is 0. The van der Waals surface area contributed by atoms with Gasteiger partial charge in [-0.2, -0.15) is 0 Å². The SMILES string of the molecule is CC(O)C(=O)O.CC(O)C(=O)O.CC(O)C(=O)O.CC(O)C(=O)O.CC(O)C(=O)O.[NaH].[NaH]. The van der Waals surface area contributed by atoms with Crippen molar-refractivity contribution >= 4 is 89.0 Å². The Morgan fingerprint density at radius 1 is 0.375 bits per heavy atom. The average Bonchev–Trinajstić information content (AvgIpc) is 2.56. The first kappa shape index (κ1) is 48.6. The molecule has 0 aliphatic carbocycles. The van der Waals surface area contributed by atoms with E-state index >= 15 is 0 Å². The number of carbonyl (C=O) groups is 5. The van der Waals surface area contributed by atoms with Crippen molar-refractivity contribution in [2.75, 3.05) is 0 Å². The van der Waals surface area contributed by atoms with E-state index in [4.69, 9.17) is 51.1 Å². The second-order valence-electron chi connectivity index (χ2n) is 5.07. The molecule has 0 aromatic rings. The Morgan fingerprint density at radius 3 is 0.406 bits per heavy atom. The van der Waals surface area contributed by atoms with E-state index in [1.54, 1.807) is 0 Å². The Morgan fingerprint density at radius 2 is 0.406 bits per heavy atom.